The van der Waals surface area contributed by atoms with Gasteiger partial charge in [-0.2, -0.15) is 0 Å². The molecular formula is C25H34F2N2+2. The first-order chi connectivity index (χ1) is 14.2. The Bertz CT molecular complexity index is 714. The predicted octanol–water partition coefficient (Wildman–Crippen LogP) is 2.60. The quantitative estimate of drug-likeness (QED) is 0.738. The predicted molar refractivity (Wildman–Crippen MR) is 112 cm³/mol. The highest BCUT2D eigenvalue weighted by Crippen LogP contribution is 2.29. The van der Waals surface area contributed by atoms with E-state index in [1.54, 1.807) is 4.90 Å². The number of nitrogens with one attached hydrogen (secondary N) is 2. The Hall–Kier alpha value is -1.78. The first-order valence-corrected chi connectivity index (χ1v) is 11.4. The van der Waals surface area contributed by atoms with Gasteiger partial charge >= 0.3 is 0 Å². The van der Waals surface area contributed by atoms with Gasteiger partial charge in [0.05, 0.1) is 13.1 Å². The molecule has 0 spiro atoms. The molecule has 29 heavy (non-hydrogen) atoms. The first kappa shape index (κ1) is 20.5. The van der Waals surface area contributed by atoms with E-state index in [-0.39, 0.29) is 17.6 Å². The van der Waals surface area contributed by atoms with Crippen LogP contribution in [0, 0.1) is 11.6 Å². The fourth-order valence-electron chi connectivity index (χ4n) is 5.39. The fraction of sp³-hybridized carbons (Fsp3) is 0.520. The van der Waals surface area contributed by atoms with Gasteiger partial charge in [0.1, 0.15) is 37.3 Å². The molecule has 2 aliphatic rings. The van der Waals surface area contributed by atoms with Crippen molar-refractivity contribution >= 4 is 0 Å². The van der Waals surface area contributed by atoms with Gasteiger partial charge in [-0.25, -0.2) is 8.78 Å². The molecule has 0 aromatic heterocycles. The highest BCUT2D eigenvalue weighted by atomic mass is 19.1. The molecule has 2 unspecified atom stereocenters. The molecule has 0 aliphatic carbocycles. The van der Waals surface area contributed by atoms with Crippen molar-refractivity contribution in [3.63, 3.8) is 0 Å². The zero-order valence-electron chi connectivity index (χ0n) is 17.3. The molecule has 2 aromatic carbocycles. The third-order valence-electron chi connectivity index (χ3n) is 7.03. The second-order valence-corrected chi connectivity index (χ2v) is 8.96. The maximum Gasteiger partial charge on any atom is 0.137 e. The molecule has 2 aliphatic heterocycles. The van der Waals surface area contributed by atoms with Crippen molar-refractivity contribution in [2.45, 2.75) is 50.5 Å². The molecular weight excluding hydrogens is 366 g/mol. The monoisotopic (exact) mass is 400 g/mol. The molecule has 2 fully saturated rings. The average Bonchev–Trinajstić information content (AvgIpc) is 2.98. The second kappa shape index (κ2) is 9.82. The SMILES string of the molecule is Fc1ccc(C(CCC[NH+]2CC[NH+]3CCCCC[C@H]3C2)c2ccc(F)cc2)cc1. The summed E-state index contributed by atoms with van der Waals surface area (Å²) in [5.74, 6) is -0.222. The minimum absolute atomic E-state index is 0.195. The molecule has 2 heterocycles. The second-order valence-electron chi connectivity index (χ2n) is 8.96. The lowest BCUT2D eigenvalue weighted by molar-refractivity contribution is -1.03. The summed E-state index contributed by atoms with van der Waals surface area (Å²) >= 11 is 0. The van der Waals surface area contributed by atoms with E-state index in [1.165, 1.54) is 82.7 Å². The lowest BCUT2D eigenvalue weighted by atomic mass is 9.87. The summed E-state index contributed by atoms with van der Waals surface area (Å²) in [5, 5.41) is 0. The van der Waals surface area contributed by atoms with Gasteiger partial charge in [-0.05, 0) is 67.5 Å². The van der Waals surface area contributed by atoms with Gasteiger partial charge in [-0.3, -0.25) is 0 Å². The molecule has 0 bridgehead atoms. The summed E-state index contributed by atoms with van der Waals surface area (Å²) in [6, 6.07) is 14.5. The topological polar surface area (TPSA) is 8.88 Å². The van der Waals surface area contributed by atoms with Gasteiger partial charge < -0.3 is 9.80 Å². The molecule has 2 N–H and O–H groups in total. The third-order valence-corrected chi connectivity index (χ3v) is 7.03. The van der Waals surface area contributed by atoms with E-state index in [1.807, 2.05) is 29.2 Å². The zero-order valence-corrected chi connectivity index (χ0v) is 17.3. The number of fused-ring (bicyclic) bond motifs is 1. The van der Waals surface area contributed by atoms with Crippen molar-refractivity contribution in [3.05, 3.63) is 71.3 Å². The summed E-state index contributed by atoms with van der Waals surface area (Å²) in [7, 11) is 0. The number of quaternary nitrogens is 2. The maximum absolute atomic E-state index is 13.4. The van der Waals surface area contributed by atoms with Crippen LogP contribution in [0.15, 0.2) is 48.5 Å². The lowest BCUT2D eigenvalue weighted by Crippen LogP contribution is -3.30. The summed E-state index contributed by atoms with van der Waals surface area (Å²) in [6.45, 7) is 6.48. The molecule has 0 amide bonds. The average molecular weight is 401 g/mol. The van der Waals surface area contributed by atoms with E-state index >= 15 is 0 Å². The van der Waals surface area contributed by atoms with Crippen molar-refractivity contribution < 1.29 is 18.6 Å². The molecule has 2 saturated heterocycles. The van der Waals surface area contributed by atoms with E-state index in [2.05, 4.69) is 0 Å². The smallest absolute Gasteiger partial charge is 0.137 e. The van der Waals surface area contributed by atoms with Gasteiger partial charge in [0, 0.05) is 12.3 Å². The van der Waals surface area contributed by atoms with Crippen molar-refractivity contribution in [2.75, 3.05) is 32.7 Å². The van der Waals surface area contributed by atoms with Crippen LogP contribution < -0.4 is 9.80 Å². The molecule has 0 saturated carbocycles. The number of halogens is 2. The Morgan fingerprint density at radius 3 is 2.10 bits per heavy atom. The maximum atomic E-state index is 13.4. The van der Waals surface area contributed by atoms with Gasteiger partial charge in [0.15, 0.2) is 0 Å². The molecule has 2 aromatic rings. The Kier molecular flexibility index (Phi) is 6.94. The van der Waals surface area contributed by atoms with Gasteiger partial charge in [0.2, 0.25) is 0 Å². The highest BCUT2D eigenvalue weighted by Gasteiger charge is 2.33. The molecule has 156 valence electrons. The molecule has 4 heteroatoms. The minimum atomic E-state index is -0.208. The van der Waals surface area contributed by atoms with Crippen LogP contribution in [0.2, 0.25) is 0 Å². The Balaban J connectivity index is 1.38. The van der Waals surface area contributed by atoms with Crippen LogP contribution in [-0.2, 0) is 0 Å². The summed E-state index contributed by atoms with van der Waals surface area (Å²) in [5.41, 5.74) is 2.23. The number of benzene rings is 2. The molecule has 0 radical (unpaired) electrons. The summed E-state index contributed by atoms with van der Waals surface area (Å²) in [6.07, 6.45) is 7.76. The lowest BCUT2D eigenvalue weighted by Gasteiger charge is -2.35. The first-order valence-electron chi connectivity index (χ1n) is 11.4. The molecule has 3 atom stereocenters. The van der Waals surface area contributed by atoms with Crippen LogP contribution >= 0.6 is 0 Å². The number of hydrogen-bond donors (Lipinski definition) is 2. The Labute approximate surface area is 173 Å². The van der Waals surface area contributed by atoms with E-state index in [0.29, 0.717) is 0 Å². The number of rotatable bonds is 6. The number of hydrogen-bond acceptors (Lipinski definition) is 0. The normalized spacial score (nSPS) is 24.9. The van der Waals surface area contributed by atoms with Crippen molar-refractivity contribution in [2.24, 2.45) is 0 Å². The van der Waals surface area contributed by atoms with Crippen LogP contribution in [0.25, 0.3) is 0 Å². The largest absolute Gasteiger partial charge is 0.325 e. The van der Waals surface area contributed by atoms with Gasteiger partial charge in [0.25, 0.3) is 0 Å². The van der Waals surface area contributed by atoms with E-state index in [0.717, 1.165) is 30.0 Å². The zero-order chi connectivity index (χ0) is 20.1. The highest BCUT2D eigenvalue weighted by molar-refractivity contribution is 5.32. The summed E-state index contributed by atoms with van der Waals surface area (Å²) in [4.78, 5) is 3.60. The minimum Gasteiger partial charge on any atom is -0.325 e. The van der Waals surface area contributed by atoms with Crippen LogP contribution in [-0.4, -0.2) is 38.8 Å². The fourth-order valence-corrected chi connectivity index (χ4v) is 5.39. The van der Waals surface area contributed by atoms with Crippen LogP contribution in [0.4, 0.5) is 8.78 Å². The van der Waals surface area contributed by atoms with Crippen LogP contribution in [0.5, 0.6) is 0 Å². The van der Waals surface area contributed by atoms with E-state index < -0.39 is 0 Å². The van der Waals surface area contributed by atoms with Gasteiger partial charge in [-0.1, -0.05) is 24.3 Å². The number of piperazine rings is 1. The Morgan fingerprint density at radius 1 is 0.793 bits per heavy atom. The van der Waals surface area contributed by atoms with Gasteiger partial charge in [-0.15, -0.1) is 0 Å². The van der Waals surface area contributed by atoms with Crippen molar-refractivity contribution in [3.8, 4) is 0 Å². The van der Waals surface area contributed by atoms with E-state index in [9.17, 15) is 8.78 Å². The summed E-state index contributed by atoms with van der Waals surface area (Å²) < 4.78 is 26.8. The van der Waals surface area contributed by atoms with Crippen molar-refractivity contribution in [1.29, 1.82) is 0 Å². The van der Waals surface area contributed by atoms with Crippen molar-refractivity contribution in [1.82, 2.24) is 0 Å². The van der Waals surface area contributed by atoms with Crippen LogP contribution in [0.1, 0.15) is 55.6 Å². The van der Waals surface area contributed by atoms with E-state index in [4.69, 9.17) is 0 Å². The molecule has 4 rings (SSSR count). The third kappa shape index (κ3) is 5.43. The van der Waals surface area contributed by atoms with Crippen LogP contribution in [0.3, 0.4) is 0 Å². The standard InChI is InChI=1S/C25H32F2N2/c26-22-11-7-20(8-12-22)25(21-9-13-23(27)14-10-21)6-4-15-28-17-18-29-16-3-1-2-5-24(29)19-28/h7-14,24-25H,1-6,15-19H2/p+2/t24-/m0/s1. The Morgan fingerprint density at radius 2 is 1.45 bits per heavy atom. The molecule has 2 nitrogen and oxygen atoms in total.